The Bertz CT molecular complexity index is 1020. The standard InChI is InChI=1S/C24H32N4O5/c1-27-20(12-19(26-27)16-4-5-21(32-2)22(11-16)33-3)18-14-28-9-8-15(18)10-17(28)13-25-23(29)6-7-24(30)31/h4-5,11-12,15,17-18H,6-10,13-14H2,1-3H3,(H,25,29)(H,30,31)/t15-,17+,18-/m0/s1. The molecule has 3 fully saturated rings. The molecule has 5 rings (SSSR count). The number of aromatic nitrogens is 2. The summed E-state index contributed by atoms with van der Waals surface area (Å²) in [4.78, 5) is 24.0. The van der Waals surface area contributed by atoms with Gasteiger partial charge in [-0.2, -0.15) is 5.10 Å². The first-order chi connectivity index (χ1) is 15.9. The molecule has 0 spiro atoms. The van der Waals surface area contributed by atoms with Crippen molar-refractivity contribution < 1.29 is 29.1 Å². The van der Waals surface area contributed by atoms with Crippen LogP contribution < -0.4 is 24.8 Å². The number of quaternary nitrogens is 1. The van der Waals surface area contributed by atoms with Crippen LogP contribution >= 0.6 is 0 Å². The number of methoxy groups -OCH3 is 2. The van der Waals surface area contributed by atoms with E-state index < -0.39 is 5.97 Å². The number of aliphatic carboxylic acids is 1. The maximum absolute atomic E-state index is 11.9. The number of carbonyl (C=O) groups excluding carboxylic acids is 2. The zero-order valence-corrected chi connectivity index (χ0v) is 19.4. The molecule has 3 aliphatic heterocycles. The van der Waals surface area contributed by atoms with Crippen LogP contribution in [0.1, 0.15) is 37.3 Å². The van der Waals surface area contributed by atoms with Crippen LogP contribution in [-0.4, -0.2) is 61.6 Å². The second kappa shape index (κ2) is 9.82. The first kappa shape index (κ1) is 23.1. The predicted molar refractivity (Wildman–Crippen MR) is 119 cm³/mol. The number of aryl methyl sites for hydroxylation is 1. The molecular weight excluding hydrogens is 424 g/mol. The number of nitrogens with zero attached hydrogens (tertiary/aromatic N) is 2. The summed E-state index contributed by atoms with van der Waals surface area (Å²) in [5.74, 6) is 0.924. The van der Waals surface area contributed by atoms with E-state index in [4.69, 9.17) is 14.6 Å². The van der Waals surface area contributed by atoms with Gasteiger partial charge in [0.25, 0.3) is 0 Å². The monoisotopic (exact) mass is 456 g/mol. The van der Waals surface area contributed by atoms with Gasteiger partial charge >= 0.3 is 0 Å². The summed E-state index contributed by atoms with van der Waals surface area (Å²) < 4.78 is 12.8. The highest BCUT2D eigenvalue weighted by molar-refractivity contribution is 5.80. The molecule has 9 heteroatoms. The van der Waals surface area contributed by atoms with E-state index in [1.807, 2.05) is 29.9 Å². The topological polar surface area (TPSA) is 110 Å². The van der Waals surface area contributed by atoms with Crippen LogP contribution in [0.25, 0.3) is 11.3 Å². The lowest BCUT2D eigenvalue weighted by molar-refractivity contribution is -0.942. The Balaban J connectivity index is 1.43. The van der Waals surface area contributed by atoms with Crippen LogP contribution in [0.3, 0.4) is 0 Å². The van der Waals surface area contributed by atoms with E-state index in [0.717, 1.165) is 37.2 Å². The summed E-state index contributed by atoms with van der Waals surface area (Å²) in [6, 6.07) is 8.39. The maximum atomic E-state index is 11.9. The third-order valence-corrected chi connectivity index (χ3v) is 7.13. The van der Waals surface area contributed by atoms with Gasteiger partial charge in [0.15, 0.2) is 11.5 Å². The fraction of sp³-hybridized carbons (Fsp3) is 0.542. The normalized spacial score (nSPS) is 23.8. The summed E-state index contributed by atoms with van der Waals surface area (Å²) in [5.41, 5.74) is 3.13. The van der Waals surface area contributed by atoms with Crippen molar-refractivity contribution in [1.29, 1.82) is 0 Å². The van der Waals surface area contributed by atoms with Gasteiger partial charge in [0.05, 0.1) is 45.5 Å². The smallest absolute Gasteiger partial charge is 0.220 e. The minimum atomic E-state index is -1.19. The number of benzene rings is 1. The molecule has 0 saturated carbocycles. The number of ether oxygens (including phenoxy) is 2. The summed E-state index contributed by atoms with van der Waals surface area (Å²) in [6.45, 7) is 2.70. The molecule has 2 aromatic rings. The summed E-state index contributed by atoms with van der Waals surface area (Å²) in [7, 11) is 5.25. The highest BCUT2D eigenvalue weighted by Gasteiger charge is 2.45. The molecule has 1 unspecified atom stereocenters. The maximum Gasteiger partial charge on any atom is 0.220 e. The number of piperidine rings is 3. The van der Waals surface area contributed by atoms with Crippen molar-refractivity contribution in [3.63, 3.8) is 0 Å². The highest BCUT2D eigenvalue weighted by Crippen LogP contribution is 2.37. The van der Waals surface area contributed by atoms with E-state index in [0.29, 0.717) is 35.9 Å². The molecule has 3 saturated heterocycles. The minimum absolute atomic E-state index is 0.0234. The number of carboxylic acids is 1. The van der Waals surface area contributed by atoms with Crippen molar-refractivity contribution in [2.75, 3.05) is 33.9 Å². The van der Waals surface area contributed by atoms with E-state index in [-0.39, 0.29) is 18.7 Å². The van der Waals surface area contributed by atoms with E-state index in [1.165, 1.54) is 10.6 Å². The van der Waals surface area contributed by atoms with Crippen LogP contribution in [0.5, 0.6) is 11.5 Å². The number of carbonyl (C=O) groups is 2. The second-order valence-electron chi connectivity index (χ2n) is 9.02. The number of fused-ring (bicyclic) bond motifs is 3. The van der Waals surface area contributed by atoms with Crippen molar-refractivity contribution in [2.45, 2.75) is 37.6 Å². The zero-order chi connectivity index (χ0) is 23.5. The quantitative estimate of drug-likeness (QED) is 0.527. The number of carboxylic acid groups (broad SMARTS) is 1. The van der Waals surface area contributed by atoms with Crippen molar-refractivity contribution in [3.8, 4) is 22.8 Å². The lowest BCUT2D eigenvalue weighted by Crippen LogP contribution is -3.20. The molecule has 4 atom stereocenters. The van der Waals surface area contributed by atoms with Crippen molar-refractivity contribution in [2.24, 2.45) is 13.0 Å². The predicted octanol–water partition coefficient (Wildman–Crippen LogP) is -0.489. The zero-order valence-electron chi connectivity index (χ0n) is 19.4. The first-order valence-electron chi connectivity index (χ1n) is 11.5. The van der Waals surface area contributed by atoms with Gasteiger partial charge in [0, 0.05) is 43.5 Å². The molecule has 3 aliphatic rings. The van der Waals surface area contributed by atoms with Gasteiger partial charge in [0.2, 0.25) is 5.91 Å². The lowest BCUT2D eigenvalue weighted by Gasteiger charge is -2.46. The summed E-state index contributed by atoms with van der Waals surface area (Å²) in [6.07, 6.45) is 1.94. The molecule has 1 amide bonds. The third-order valence-electron chi connectivity index (χ3n) is 7.13. The molecule has 1 aromatic carbocycles. The Morgan fingerprint density at radius 1 is 1.21 bits per heavy atom. The fourth-order valence-corrected chi connectivity index (χ4v) is 5.39. The lowest BCUT2D eigenvalue weighted by atomic mass is 9.74. The van der Waals surface area contributed by atoms with Crippen LogP contribution in [0.15, 0.2) is 24.3 Å². The number of hydrogen-bond donors (Lipinski definition) is 2. The van der Waals surface area contributed by atoms with Gasteiger partial charge in [-0.3, -0.25) is 9.48 Å². The largest absolute Gasteiger partial charge is 0.550 e. The van der Waals surface area contributed by atoms with Crippen molar-refractivity contribution in [1.82, 2.24) is 15.1 Å². The van der Waals surface area contributed by atoms with Crippen LogP contribution in [-0.2, 0) is 16.6 Å². The second-order valence-corrected chi connectivity index (χ2v) is 9.02. The van der Waals surface area contributed by atoms with Crippen LogP contribution in [0.2, 0.25) is 0 Å². The molecular formula is C24H32N4O5. The van der Waals surface area contributed by atoms with Gasteiger partial charge in [-0.25, -0.2) is 0 Å². The number of nitrogens with one attached hydrogen (secondary N) is 2. The van der Waals surface area contributed by atoms with Crippen LogP contribution in [0.4, 0.5) is 0 Å². The average molecular weight is 457 g/mol. The van der Waals surface area contributed by atoms with Gasteiger partial charge in [-0.1, -0.05) is 0 Å². The molecule has 9 nitrogen and oxygen atoms in total. The summed E-state index contributed by atoms with van der Waals surface area (Å²) >= 11 is 0. The Kier molecular flexibility index (Phi) is 6.88. The van der Waals surface area contributed by atoms with Crippen molar-refractivity contribution >= 4 is 11.9 Å². The molecule has 0 radical (unpaired) electrons. The van der Waals surface area contributed by atoms with Gasteiger partial charge in [-0.05, 0) is 36.6 Å². The van der Waals surface area contributed by atoms with E-state index in [2.05, 4.69) is 11.4 Å². The molecule has 2 bridgehead atoms. The Hall–Kier alpha value is -3.07. The fourth-order valence-electron chi connectivity index (χ4n) is 5.39. The first-order valence-corrected chi connectivity index (χ1v) is 11.5. The number of rotatable bonds is 9. The Labute approximate surface area is 193 Å². The molecule has 2 N–H and O–H groups in total. The van der Waals surface area contributed by atoms with E-state index in [1.54, 1.807) is 14.2 Å². The third kappa shape index (κ3) is 4.98. The van der Waals surface area contributed by atoms with Gasteiger partial charge in [0.1, 0.15) is 6.04 Å². The Morgan fingerprint density at radius 2 is 2.00 bits per heavy atom. The number of hydrogen-bond acceptors (Lipinski definition) is 6. The minimum Gasteiger partial charge on any atom is -0.550 e. The highest BCUT2D eigenvalue weighted by atomic mass is 16.5. The van der Waals surface area contributed by atoms with Crippen LogP contribution in [0, 0.1) is 5.92 Å². The summed E-state index contributed by atoms with van der Waals surface area (Å²) in [5, 5.41) is 18.2. The SMILES string of the molecule is COc1ccc(-c2cc([C@H]3C[NH+]4CC[C@H]3C[C@@H]4CNC(=O)CCC(=O)[O-])n(C)n2)cc1OC. The van der Waals surface area contributed by atoms with Crippen molar-refractivity contribution in [3.05, 3.63) is 30.0 Å². The Morgan fingerprint density at radius 3 is 2.67 bits per heavy atom. The molecule has 33 heavy (non-hydrogen) atoms. The van der Waals surface area contributed by atoms with Gasteiger partial charge < -0.3 is 29.6 Å². The number of amides is 1. The average Bonchev–Trinajstić information content (AvgIpc) is 3.22. The molecule has 4 heterocycles. The van der Waals surface area contributed by atoms with Gasteiger partial charge in [-0.15, -0.1) is 0 Å². The molecule has 178 valence electrons. The van der Waals surface area contributed by atoms with E-state index >= 15 is 0 Å². The molecule has 0 aliphatic carbocycles. The molecule has 1 aromatic heterocycles. The van der Waals surface area contributed by atoms with E-state index in [9.17, 15) is 14.7 Å².